The summed E-state index contributed by atoms with van der Waals surface area (Å²) in [5.74, 6) is 0.671. The van der Waals surface area contributed by atoms with Crippen LogP contribution in [0.3, 0.4) is 0 Å². The Balaban J connectivity index is 1.38. The highest BCUT2D eigenvalue weighted by atomic mass is 32.1. The van der Waals surface area contributed by atoms with Crippen molar-refractivity contribution < 1.29 is 9.59 Å². The van der Waals surface area contributed by atoms with E-state index in [4.69, 9.17) is 0 Å². The molecule has 0 aliphatic carbocycles. The average molecular weight is 391 g/mol. The number of amides is 1. The van der Waals surface area contributed by atoms with Crippen molar-refractivity contribution in [2.75, 3.05) is 19.6 Å². The van der Waals surface area contributed by atoms with Crippen LogP contribution in [0.15, 0.2) is 48.5 Å². The van der Waals surface area contributed by atoms with Crippen LogP contribution in [0.4, 0.5) is 0 Å². The van der Waals surface area contributed by atoms with Crippen molar-refractivity contribution in [1.82, 2.24) is 10.2 Å². The first-order valence-corrected chi connectivity index (χ1v) is 10.6. The van der Waals surface area contributed by atoms with Crippen LogP contribution in [0.2, 0.25) is 0 Å². The lowest BCUT2D eigenvalue weighted by Gasteiger charge is -2.44. The largest absolute Gasteiger partial charge is 0.347 e. The van der Waals surface area contributed by atoms with Gasteiger partial charge in [0, 0.05) is 22.8 Å². The lowest BCUT2D eigenvalue weighted by atomic mass is 9.84. The van der Waals surface area contributed by atoms with Gasteiger partial charge < -0.3 is 10.2 Å². The molecule has 2 aromatic carbocycles. The highest BCUT2D eigenvalue weighted by Crippen LogP contribution is 2.32. The van der Waals surface area contributed by atoms with Gasteiger partial charge in [-0.1, -0.05) is 30.3 Å². The molecule has 3 fully saturated rings. The van der Waals surface area contributed by atoms with Crippen LogP contribution in [0.5, 0.6) is 0 Å². The van der Waals surface area contributed by atoms with Crippen molar-refractivity contribution in [2.45, 2.75) is 18.9 Å². The predicted octanol–water partition coefficient (Wildman–Crippen LogP) is 4.20. The van der Waals surface area contributed by atoms with Crippen molar-refractivity contribution in [2.24, 2.45) is 5.92 Å². The summed E-state index contributed by atoms with van der Waals surface area (Å²) in [4.78, 5) is 27.1. The fourth-order valence-electron chi connectivity index (χ4n) is 4.48. The van der Waals surface area contributed by atoms with E-state index >= 15 is 0 Å². The number of rotatable bonds is 4. The van der Waals surface area contributed by atoms with Crippen LogP contribution in [0.1, 0.15) is 32.9 Å². The number of nitrogens with zero attached hydrogens (tertiary/aromatic N) is 1. The molecule has 1 aromatic heterocycles. The summed E-state index contributed by atoms with van der Waals surface area (Å²) in [5.41, 5.74) is 2.74. The molecule has 1 unspecified atom stereocenters. The molecule has 0 radical (unpaired) electrons. The Hall–Kier alpha value is -2.50. The fraction of sp³-hybridized carbons (Fsp3) is 0.304. The molecule has 4 nitrogen and oxygen atoms in total. The second-order valence-electron chi connectivity index (χ2n) is 7.82. The van der Waals surface area contributed by atoms with Crippen molar-refractivity contribution in [1.29, 1.82) is 0 Å². The zero-order valence-corrected chi connectivity index (χ0v) is 16.4. The number of hydrogen-bond donors (Lipinski definition) is 1. The van der Waals surface area contributed by atoms with Gasteiger partial charge in [-0.3, -0.25) is 9.59 Å². The Morgan fingerprint density at radius 2 is 1.89 bits per heavy atom. The van der Waals surface area contributed by atoms with E-state index in [1.807, 2.05) is 30.3 Å². The van der Waals surface area contributed by atoms with Gasteiger partial charge in [0.15, 0.2) is 0 Å². The summed E-state index contributed by atoms with van der Waals surface area (Å²) in [6.45, 7) is 3.33. The number of carbonyl (C=O) groups is 2. The van der Waals surface area contributed by atoms with Crippen LogP contribution in [-0.2, 0) is 0 Å². The van der Waals surface area contributed by atoms with Gasteiger partial charge in [0.2, 0.25) is 0 Å². The number of carbonyl (C=O) groups excluding carboxylic acids is 2. The van der Waals surface area contributed by atoms with E-state index in [1.54, 1.807) is 6.07 Å². The van der Waals surface area contributed by atoms with Gasteiger partial charge in [-0.15, -0.1) is 11.3 Å². The highest BCUT2D eigenvalue weighted by Gasteiger charge is 2.35. The molecular weight excluding hydrogens is 368 g/mol. The van der Waals surface area contributed by atoms with Gasteiger partial charge >= 0.3 is 0 Å². The first-order chi connectivity index (χ1) is 13.7. The van der Waals surface area contributed by atoms with Crippen LogP contribution in [0, 0.1) is 5.92 Å². The number of thiophene rings is 1. The maximum absolute atomic E-state index is 12.8. The second-order valence-corrected chi connectivity index (χ2v) is 8.91. The standard InChI is InChI=1S/C23H22N2O2S/c26-14-15-2-1-3-17(10-15)18-4-5-19-12-22(28-21(19)11-18)23(27)24-20-13-25-8-6-16(20)7-9-25/h1-5,10-12,14,16,20H,6-9,13H2,(H,24,27). The molecule has 0 spiro atoms. The molecule has 4 heterocycles. The summed E-state index contributed by atoms with van der Waals surface area (Å²) in [7, 11) is 0. The molecule has 3 aromatic rings. The summed E-state index contributed by atoms with van der Waals surface area (Å²) < 4.78 is 1.09. The van der Waals surface area contributed by atoms with Crippen molar-refractivity contribution in [3.63, 3.8) is 0 Å². The zero-order valence-electron chi connectivity index (χ0n) is 15.6. The summed E-state index contributed by atoms with van der Waals surface area (Å²) in [6, 6.07) is 16.1. The summed E-state index contributed by atoms with van der Waals surface area (Å²) >= 11 is 1.54. The van der Waals surface area contributed by atoms with E-state index in [-0.39, 0.29) is 11.9 Å². The number of fused-ring (bicyclic) bond motifs is 4. The van der Waals surface area contributed by atoms with Gasteiger partial charge in [-0.25, -0.2) is 0 Å². The topological polar surface area (TPSA) is 49.4 Å². The van der Waals surface area contributed by atoms with Crippen molar-refractivity contribution in [3.05, 3.63) is 59.0 Å². The van der Waals surface area contributed by atoms with Gasteiger partial charge in [-0.2, -0.15) is 0 Å². The monoisotopic (exact) mass is 390 g/mol. The normalized spacial score (nSPS) is 23.6. The second kappa shape index (κ2) is 7.15. The van der Waals surface area contributed by atoms with Gasteiger partial charge in [0.05, 0.1) is 4.88 Å². The minimum Gasteiger partial charge on any atom is -0.347 e. The van der Waals surface area contributed by atoms with E-state index < -0.39 is 0 Å². The molecule has 1 amide bonds. The molecule has 1 atom stereocenters. The molecular formula is C23H22N2O2S. The molecule has 2 bridgehead atoms. The van der Waals surface area contributed by atoms with E-state index in [0.717, 1.165) is 38.9 Å². The minimum absolute atomic E-state index is 0.0458. The van der Waals surface area contributed by atoms with Crippen molar-refractivity contribution in [3.8, 4) is 11.1 Å². The first-order valence-electron chi connectivity index (χ1n) is 9.82. The number of nitrogens with one attached hydrogen (secondary N) is 1. The quantitative estimate of drug-likeness (QED) is 0.679. The lowest BCUT2D eigenvalue weighted by molar-refractivity contribution is 0.0622. The Morgan fingerprint density at radius 1 is 1.07 bits per heavy atom. The molecule has 1 N–H and O–H groups in total. The third-order valence-electron chi connectivity index (χ3n) is 6.07. The molecule has 3 aliphatic heterocycles. The molecule has 6 rings (SSSR count). The Morgan fingerprint density at radius 3 is 2.64 bits per heavy atom. The Kier molecular flexibility index (Phi) is 4.49. The number of piperidine rings is 3. The number of benzene rings is 2. The zero-order chi connectivity index (χ0) is 19.1. The first kappa shape index (κ1) is 17.6. The third kappa shape index (κ3) is 3.25. The highest BCUT2D eigenvalue weighted by molar-refractivity contribution is 7.20. The number of aldehydes is 1. The van der Waals surface area contributed by atoms with E-state index in [2.05, 4.69) is 22.3 Å². The van der Waals surface area contributed by atoms with Crippen LogP contribution >= 0.6 is 11.3 Å². The van der Waals surface area contributed by atoms with Gasteiger partial charge in [0.1, 0.15) is 6.29 Å². The van der Waals surface area contributed by atoms with Crippen LogP contribution in [0.25, 0.3) is 21.2 Å². The minimum atomic E-state index is 0.0458. The third-order valence-corrected chi connectivity index (χ3v) is 7.17. The lowest BCUT2D eigenvalue weighted by Crippen LogP contribution is -2.57. The van der Waals surface area contributed by atoms with E-state index in [9.17, 15) is 9.59 Å². The van der Waals surface area contributed by atoms with Gasteiger partial charge in [0.25, 0.3) is 5.91 Å². The van der Waals surface area contributed by atoms with Crippen LogP contribution in [-0.4, -0.2) is 42.8 Å². The van der Waals surface area contributed by atoms with E-state index in [0.29, 0.717) is 11.5 Å². The molecule has 0 saturated carbocycles. The number of hydrogen-bond acceptors (Lipinski definition) is 4. The smallest absolute Gasteiger partial charge is 0.261 e. The fourth-order valence-corrected chi connectivity index (χ4v) is 5.49. The van der Waals surface area contributed by atoms with E-state index in [1.165, 1.54) is 37.3 Å². The SMILES string of the molecule is O=Cc1cccc(-c2ccc3cc(C(=O)NC4CN5CCC4CC5)sc3c2)c1. The predicted molar refractivity (Wildman–Crippen MR) is 113 cm³/mol. The molecule has 28 heavy (non-hydrogen) atoms. The van der Waals surface area contributed by atoms with Gasteiger partial charge in [-0.05, 0) is 66.6 Å². The van der Waals surface area contributed by atoms with Crippen molar-refractivity contribution >= 4 is 33.6 Å². The molecule has 5 heteroatoms. The Bertz CT molecular complexity index is 1050. The maximum atomic E-state index is 12.8. The maximum Gasteiger partial charge on any atom is 0.261 e. The summed E-state index contributed by atoms with van der Waals surface area (Å²) in [5, 5.41) is 4.36. The molecule has 3 aliphatic rings. The molecule has 142 valence electrons. The molecule has 3 saturated heterocycles. The van der Waals surface area contributed by atoms with Crippen LogP contribution < -0.4 is 5.32 Å². The Labute approximate surface area is 168 Å². The summed E-state index contributed by atoms with van der Waals surface area (Å²) in [6.07, 6.45) is 3.26. The average Bonchev–Trinajstić information content (AvgIpc) is 3.18.